The molecule has 4 rings (SSSR count). The van der Waals surface area contributed by atoms with Gasteiger partial charge in [-0.1, -0.05) is 17.7 Å². The van der Waals surface area contributed by atoms with Gasteiger partial charge < -0.3 is 19.5 Å². The molecule has 0 saturated carbocycles. The van der Waals surface area contributed by atoms with Crippen LogP contribution >= 0.6 is 11.9 Å². The lowest BCUT2D eigenvalue weighted by molar-refractivity contribution is -0.139. The number of nitriles is 1. The minimum Gasteiger partial charge on any atom is -0.382 e. The quantitative estimate of drug-likeness (QED) is 0.776. The lowest BCUT2D eigenvalue weighted by Gasteiger charge is -2.35. The first kappa shape index (κ1) is 18.5. The molecule has 0 aromatic heterocycles. The molecule has 2 unspecified atom stereocenters. The van der Waals surface area contributed by atoms with Crippen LogP contribution in [0.1, 0.15) is 11.1 Å². The van der Waals surface area contributed by atoms with Gasteiger partial charge in [-0.2, -0.15) is 5.26 Å². The van der Waals surface area contributed by atoms with Gasteiger partial charge in [0.25, 0.3) is 5.91 Å². The van der Waals surface area contributed by atoms with Gasteiger partial charge in [-0.25, -0.2) is 4.99 Å². The van der Waals surface area contributed by atoms with Crippen molar-refractivity contribution in [1.82, 2.24) is 4.72 Å². The summed E-state index contributed by atoms with van der Waals surface area (Å²) in [6, 6.07) is 14.9. The Hall–Kier alpha value is -2.86. The molecule has 142 valence electrons. The van der Waals surface area contributed by atoms with E-state index in [9.17, 15) is 9.90 Å². The summed E-state index contributed by atoms with van der Waals surface area (Å²) in [7, 11) is 0. The van der Waals surface area contributed by atoms with Crippen LogP contribution < -0.4 is 9.62 Å². The van der Waals surface area contributed by atoms with Gasteiger partial charge in [0.05, 0.1) is 28.8 Å². The maximum absolute atomic E-state index is 12.9. The van der Waals surface area contributed by atoms with Crippen LogP contribution in [0, 0.1) is 18.3 Å². The Balaban J connectivity index is 1.56. The van der Waals surface area contributed by atoms with Crippen LogP contribution in [-0.4, -0.2) is 42.2 Å². The van der Waals surface area contributed by atoms with Crippen molar-refractivity contribution in [3.63, 3.8) is 0 Å². The fourth-order valence-corrected chi connectivity index (χ4v) is 3.89. The summed E-state index contributed by atoms with van der Waals surface area (Å²) in [6.45, 7) is 2.74. The number of ether oxygens (including phenoxy) is 1. The molecule has 1 fully saturated rings. The van der Waals surface area contributed by atoms with Crippen LogP contribution in [0.5, 0.6) is 0 Å². The van der Waals surface area contributed by atoms with E-state index in [0.29, 0.717) is 24.4 Å². The van der Waals surface area contributed by atoms with Gasteiger partial charge in [-0.3, -0.25) is 4.79 Å². The summed E-state index contributed by atoms with van der Waals surface area (Å²) in [5, 5.41) is 19.8. The number of nitrogens with zero attached hydrogens (tertiary/aromatic N) is 3. The molecule has 0 radical (unpaired) electrons. The third kappa shape index (κ3) is 3.47. The van der Waals surface area contributed by atoms with E-state index in [2.05, 4.69) is 15.8 Å². The highest BCUT2D eigenvalue weighted by atomic mass is 32.2. The summed E-state index contributed by atoms with van der Waals surface area (Å²) in [5.74, 6) is -0.0472. The maximum atomic E-state index is 12.9. The van der Waals surface area contributed by atoms with Crippen LogP contribution in [0.2, 0.25) is 0 Å². The first-order valence-corrected chi connectivity index (χ1v) is 9.62. The molecule has 7 nitrogen and oxygen atoms in total. The molecule has 0 aliphatic carbocycles. The van der Waals surface area contributed by atoms with Crippen molar-refractivity contribution in [2.75, 3.05) is 18.1 Å². The number of morpholine rings is 1. The number of benzene rings is 2. The van der Waals surface area contributed by atoms with Gasteiger partial charge in [-0.05, 0) is 49.2 Å². The highest BCUT2D eigenvalue weighted by Crippen LogP contribution is 2.33. The van der Waals surface area contributed by atoms with Crippen molar-refractivity contribution >= 4 is 35.1 Å². The number of aliphatic hydroxyl groups is 1. The monoisotopic (exact) mass is 394 g/mol. The smallest absolute Gasteiger partial charge is 0.259 e. The molecule has 2 atom stereocenters. The van der Waals surface area contributed by atoms with Crippen LogP contribution in [0.15, 0.2) is 52.4 Å². The summed E-state index contributed by atoms with van der Waals surface area (Å²) in [4.78, 5) is 19.8. The van der Waals surface area contributed by atoms with Crippen molar-refractivity contribution < 1.29 is 14.6 Å². The standard InChI is InChI=1S/C20H18N4O3S/c1-12-2-5-14(6-3-12)24-8-9-27-18(20(24)26)17(25)19-22-15-7-4-13(11-21)10-16(15)28-23-19/h2-7,10,17-18,25H,8-9H2,1H3,(H,22,23). The number of aliphatic hydroxyl groups excluding tert-OH is 1. The van der Waals surface area contributed by atoms with Crippen molar-refractivity contribution in [3.8, 4) is 6.07 Å². The van der Waals surface area contributed by atoms with E-state index >= 15 is 0 Å². The Labute approximate surface area is 166 Å². The molecule has 0 bridgehead atoms. The number of hydrogen-bond acceptors (Lipinski definition) is 7. The van der Waals surface area contributed by atoms with Crippen LogP contribution in [0.3, 0.4) is 0 Å². The molecule has 2 aromatic rings. The second-order valence-electron chi connectivity index (χ2n) is 6.56. The zero-order valence-corrected chi connectivity index (χ0v) is 15.9. The molecule has 2 aliphatic heterocycles. The molecule has 1 amide bonds. The number of aryl methyl sites for hydroxylation is 1. The highest BCUT2D eigenvalue weighted by Gasteiger charge is 2.39. The van der Waals surface area contributed by atoms with E-state index in [1.165, 1.54) is 11.9 Å². The Kier molecular flexibility index (Phi) is 5.05. The minimum absolute atomic E-state index is 0.256. The average molecular weight is 394 g/mol. The number of anilines is 1. The van der Waals surface area contributed by atoms with E-state index in [-0.39, 0.29) is 11.7 Å². The molecule has 0 spiro atoms. The molecule has 2 aromatic carbocycles. The Morgan fingerprint density at radius 1 is 1.36 bits per heavy atom. The molecular formula is C20H18N4O3S. The molecular weight excluding hydrogens is 376 g/mol. The van der Waals surface area contributed by atoms with Crippen molar-refractivity contribution in [1.29, 1.82) is 5.26 Å². The van der Waals surface area contributed by atoms with Crippen LogP contribution in [0.25, 0.3) is 0 Å². The summed E-state index contributed by atoms with van der Waals surface area (Å²) >= 11 is 1.25. The van der Waals surface area contributed by atoms with Gasteiger partial charge in [0, 0.05) is 12.2 Å². The molecule has 28 heavy (non-hydrogen) atoms. The number of aliphatic imine (C=N–C) groups is 1. The average Bonchev–Trinajstić information content (AvgIpc) is 2.73. The second-order valence-corrected chi connectivity index (χ2v) is 7.41. The van der Waals surface area contributed by atoms with E-state index in [0.717, 1.165) is 16.1 Å². The van der Waals surface area contributed by atoms with Crippen LogP contribution in [-0.2, 0) is 9.53 Å². The molecule has 2 heterocycles. The lowest BCUT2D eigenvalue weighted by Crippen LogP contribution is -2.56. The Morgan fingerprint density at radius 2 is 2.14 bits per heavy atom. The summed E-state index contributed by atoms with van der Waals surface area (Å²) in [5.41, 5.74) is 3.05. The number of carbonyl (C=O) groups is 1. The molecule has 2 aliphatic rings. The zero-order chi connectivity index (χ0) is 19.7. The fraction of sp³-hybridized carbons (Fsp3) is 0.250. The number of amides is 1. The predicted molar refractivity (Wildman–Crippen MR) is 107 cm³/mol. The van der Waals surface area contributed by atoms with Gasteiger partial charge in [0.2, 0.25) is 0 Å². The summed E-state index contributed by atoms with van der Waals surface area (Å²) < 4.78 is 8.55. The third-order valence-corrected chi connectivity index (χ3v) is 5.49. The van der Waals surface area contributed by atoms with Crippen molar-refractivity contribution in [2.45, 2.75) is 24.0 Å². The zero-order valence-electron chi connectivity index (χ0n) is 15.1. The van der Waals surface area contributed by atoms with Gasteiger partial charge in [-0.15, -0.1) is 0 Å². The van der Waals surface area contributed by atoms with Gasteiger partial charge in [0.15, 0.2) is 6.10 Å². The van der Waals surface area contributed by atoms with E-state index in [1.807, 2.05) is 31.2 Å². The highest BCUT2D eigenvalue weighted by molar-refractivity contribution is 7.98. The number of amidine groups is 1. The van der Waals surface area contributed by atoms with Gasteiger partial charge in [0.1, 0.15) is 11.9 Å². The second kappa shape index (κ2) is 7.64. The van der Waals surface area contributed by atoms with E-state index < -0.39 is 12.2 Å². The molecule has 2 N–H and O–H groups in total. The fourth-order valence-electron chi connectivity index (χ4n) is 3.10. The SMILES string of the molecule is Cc1ccc(N2CCOC(C(O)C3=Nc4ccc(C#N)cc4SN3)C2=O)cc1. The van der Waals surface area contributed by atoms with Crippen molar-refractivity contribution in [3.05, 3.63) is 53.6 Å². The topological polar surface area (TPSA) is 97.9 Å². The molecule has 8 heteroatoms. The number of hydrogen-bond donors (Lipinski definition) is 2. The number of fused-ring (bicyclic) bond motifs is 1. The first-order valence-electron chi connectivity index (χ1n) is 8.80. The first-order chi connectivity index (χ1) is 13.6. The molecule has 1 saturated heterocycles. The Bertz CT molecular complexity index is 984. The van der Waals surface area contributed by atoms with Crippen LogP contribution in [0.4, 0.5) is 11.4 Å². The van der Waals surface area contributed by atoms with E-state index in [1.54, 1.807) is 23.1 Å². The normalized spacial score (nSPS) is 19.9. The van der Waals surface area contributed by atoms with Gasteiger partial charge >= 0.3 is 0 Å². The minimum atomic E-state index is -1.22. The predicted octanol–water partition coefficient (Wildman–Crippen LogP) is 2.30. The lowest BCUT2D eigenvalue weighted by atomic mass is 10.1. The maximum Gasteiger partial charge on any atom is 0.259 e. The number of nitrogens with one attached hydrogen (secondary N) is 1. The number of carbonyl (C=O) groups excluding carboxylic acids is 1. The van der Waals surface area contributed by atoms with Crippen molar-refractivity contribution in [2.24, 2.45) is 4.99 Å². The van der Waals surface area contributed by atoms with E-state index in [4.69, 9.17) is 10.00 Å². The number of rotatable bonds is 3. The Morgan fingerprint density at radius 3 is 2.89 bits per heavy atom. The third-order valence-electron chi connectivity index (χ3n) is 4.63. The largest absolute Gasteiger partial charge is 0.382 e. The summed E-state index contributed by atoms with van der Waals surface area (Å²) in [6.07, 6.45) is -2.26.